The lowest BCUT2D eigenvalue weighted by atomic mass is 10.1. The molecule has 2 aromatic heterocycles. The minimum Gasteiger partial charge on any atom is -0.372 e. The van der Waals surface area contributed by atoms with E-state index in [0.29, 0.717) is 6.04 Å². The van der Waals surface area contributed by atoms with Crippen molar-refractivity contribution in [3.05, 3.63) is 18.6 Å². The van der Waals surface area contributed by atoms with Gasteiger partial charge in [0.2, 0.25) is 0 Å². The second-order valence-electron chi connectivity index (χ2n) is 4.44. The van der Waals surface area contributed by atoms with Crippen LogP contribution in [0.4, 0.5) is 11.6 Å². The van der Waals surface area contributed by atoms with E-state index < -0.39 is 0 Å². The van der Waals surface area contributed by atoms with Gasteiger partial charge in [0, 0.05) is 32.5 Å². The zero-order valence-electron chi connectivity index (χ0n) is 11.5. The quantitative estimate of drug-likeness (QED) is 0.881. The molecule has 0 unspecified atom stereocenters. The van der Waals surface area contributed by atoms with Gasteiger partial charge in [0.15, 0.2) is 11.5 Å². The van der Waals surface area contributed by atoms with Gasteiger partial charge in [-0.15, -0.1) is 0 Å². The van der Waals surface area contributed by atoms with Crippen LogP contribution in [0.5, 0.6) is 0 Å². The summed E-state index contributed by atoms with van der Waals surface area (Å²) in [5, 5.41) is 3.09. The third-order valence-electron chi connectivity index (χ3n) is 3.44. The van der Waals surface area contributed by atoms with Crippen molar-refractivity contribution in [3.63, 3.8) is 0 Å². The molecule has 0 amide bonds. The monoisotopic (exact) mass is 247 g/mol. The third-order valence-corrected chi connectivity index (χ3v) is 3.44. The maximum Gasteiger partial charge on any atom is 0.180 e. The lowest BCUT2D eigenvalue weighted by Crippen LogP contribution is -2.31. The molecule has 0 aliphatic carbocycles. The van der Waals surface area contributed by atoms with Gasteiger partial charge in [-0.2, -0.15) is 0 Å². The first-order valence-electron chi connectivity index (χ1n) is 6.45. The van der Waals surface area contributed by atoms with Crippen molar-refractivity contribution < 1.29 is 0 Å². The Labute approximate surface area is 108 Å². The molecule has 0 bridgehead atoms. The fourth-order valence-electron chi connectivity index (χ4n) is 2.28. The van der Waals surface area contributed by atoms with Crippen LogP contribution < -0.4 is 10.2 Å². The Kier molecular flexibility index (Phi) is 3.69. The summed E-state index contributed by atoms with van der Waals surface area (Å²) >= 11 is 0. The molecule has 2 rings (SSSR count). The lowest BCUT2D eigenvalue weighted by molar-refractivity contribution is 0.587. The highest BCUT2D eigenvalue weighted by atomic mass is 15.2. The average molecular weight is 247 g/mol. The van der Waals surface area contributed by atoms with E-state index in [1.165, 1.54) is 0 Å². The van der Waals surface area contributed by atoms with E-state index in [-0.39, 0.29) is 0 Å². The van der Waals surface area contributed by atoms with Gasteiger partial charge in [-0.1, -0.05) is 13.8 Å². The number of rotatable bonds is 5. The molecular weight excluding hydrogens is 226 g/mol. The molecular formula is C13H21N5. The van der Waals surface area contributed by atoms with Crippen molar-refractivity contribution in [1.82, 2.24) is 14.4 Å². The van der Waals surface area contributed by atoms with Crippen LogP contribution in [-0.2, 0) is 0 Å². The fourth-order valence-corrected chi connectivity index (χ4v) is 2.28. The topological polar surface area (TPSA) is 45.5 Å². The summed E-state index contributed by atoms with van der Waals surface area (Å²) in [5.41, 5.74) is 0.906. The number of aromatic nitrogens is 3. The zero-order chi connectivity index (χ0) is 13.1. The standard InChI is InChI=1S/C13H21N5/c1-5-10(6-2)17(4)13-12-15-7-8-18(12)9-11(14-3)16-13/h7-10,14H,5-6H2,1-4H3. The predicted octanol–water partition coefficient (Wildman–Crippen LogP) is 2.40. The largest absolute Gasteiger partial charge is 0.372 e. The van der Waals surface area contributed by atoms with Crippen LogP contribution in [0.3, 0.4) is 0 Å². The Bertz CT molecular complexity index is 515. The van der Waals surface area contributed by atoms with Crippen LogP contribution in [0.25, 0.3) is 5.65 Å². The Hall–Kier alpha value is -1.78. The molecule has 0 aromatic carbocycles. The molecule has 2 heterocycles. The molecule has 0 spiro atoms. The van der Waals surface area contributed by atoms with Crippen molar-refractivity contribution >= 4 is 17.3 Å². The molecule has 5 heteroatoms. The predicted molar refractivity (Wildman–Crippen MR) is 75.3 cm³/mol. The maximum atomic E-state index is 4.64. The normalized spacial score (nSPS) is 11.2. The van der Waals surface area contributed by atoms with Crippen LogP contribution in [0, 0.1) is 0 Å². The third kappa shape index (κ3) is 2.12. The number of hydrogen-bond acceptors (Lipinski definition) is 4. The Morgan fingerprint density at radius 2 is 2.11 bits per heavy atom. The lowest BCUT2D eigenvalue weighted by Gasteiger charge is -2.27. The highest BCUT2D eigenvalue weighted by molar-refractivity contribution is 5.66. The van der Waals surface area contributed by atoms with E-state index >= 15 is 0 Å². The van der Waals surface area contributed by atoms with Gasteiger partial charge in [0.1, 0.15) is 5.82 Å². The summed E-state index contributed by atoms with van der Waals surface area (Å²) in [7, 11) is 3.97. The molecule has 0 aliphatic rings. The summed E-state index contributed by atoms with van der Waals surface area (Å²) in [5.74, 6) is 1.79. The number of anilines is 2. The van der Waals surface area contributed by atoms with Crippen molar-refractivity contribution in [1.29, 1.82) is 0 Å². The summed E-state index contributed by atoms with van der Waals surface area (Å²) in [6, 6.07) is 0.491. The van der Waals surface area contributed by atoms with Gasteiger partial charge in [-0.25, -0.2) is 9.97 Å². The zero-order valence-corrected chi connectivity index (χ0v) is 11.5. The minimum absolute atomic E-state index is 0.491. The van der Waals surface area contributed by atoms with Crippen LogP contribution in [0.15, 0.2) is 18.6 Å². The van der Waals surface area contributed by atoms with Crippen molar-refractivity contribution in [2.24, 2.45) is 0 Å². The summed E-state index contributed by atoms with van der Waals surface area (Å²) in [4.78, 5) is 11.3. The number of imidazole rings is 1. The van der Waals surface area contributed by atoms with Gasteiger partial charge in [-0.3, -0.25) is 0 Å². The molecule has 0 radical (unpaired) electrons. The second-order valence-corrected chi connectivity index (χ2v) is 4.44. The average Bonchev–Trinajstić information content (AvgIpc) is 2.86. The first-order chi connectivity index (χ1) is 8.71. The number of nitrogens with one attached hydrogen (secondary N) is 1. The van der Waals surface area contributed by atoms with E-state index in [0.717, 1.165) is 30.1 Å². The smallest absolute Gasteiger partial charge is 0.180 e. The van der Waals surface area contributed by atoms with Crippen molar-refractivity contribution in [3.8, 4) is 0 Å². The Balaban J connectivity index is 2.50. The van der Waals surface area contributed by atoms with E-state index in [4.69, 9.17) is 0 Å². The van der Waals surface area contributed by atoms with Gasteiger partial charge in [0.25, 0.3) is 0 Å². The van der Waals surface area contributed by atoms with E-state index in [9.17, 15) is 0 Å². The van der Waals surface area contributed by atoms with Crippen LogP contribution >= 0.6 is 0 Å². The molecule has 0 aliphatic heterocycles. The van der Waals surface area contributed by atoms with Crippen molar-refractivity contribution in [2.75, 3.05) is 24.3 Å². The SMILES string of the molecule is CCC(CC)N(C)c1nc(NC)cn2ccnc12. The van der Waals surface area contributed by atoms with E-state index in [1.54, 1.807) is 6.20 Å². The molecule has 0 atom stereocenters. The van der Waals surface area contributed by atoms with Gasteiger partial charge in [-0.05, 0) is 12.8 Å². The molecule has 98 valence electrons. The van der Waals surface area contributed by atoms with Crippen LogP contribution in [0.1, 0.15) is 26.7 Å². The van der Waals surface area contributed by atoms with E-state index in [2.05, 4.69) is 41.1 Å². The van der Waals surface area contributed by atoms with Crippen molar-refractivity contribution in [2.45, 2.75) is 32.7 Å². The van der Waals surface area contributed by atoms with Crippen LogP contribution in [-0.4, -0.2) is 34.5 Å². The Morgan fingerprint density at radius 1 is 1.39 bits per heavy atom. The molecule has 18 heavy (non-hydrogen) atoms. The first kappa shape index (κ1) is 12.7. The number of fused-ring (bicyclic) bond motifs is 1. The summed E-state index contributed by atoms with van der Waals surface area (Å²) < 4.78 is 2.01. The first-order valence-corrected chi connectivity index (χ1v) is 6.45. The molecule has 0 saturated heterocycles. The number of nitrogens with zero attached hydrogens (tertiary/aromatic N) is 4. The molecule has 5 nitrogen and oxygen atoms in total. The van der Waals surface area contributed by atoms with Gasteiger partial charge < -0.3 is 14.6 Å². The molecule has 0 fully saturated rings. The van der Waals surface area contributed by atoms with E-state index in [1.807, 2.05) is 23.8 Å². The second kappa shape index (κ2) is 5.25. The highest BCUT2D eigenvalue weighted by Gasteiger charge is 2.17. The van der Waals surface area contributed by atoms with Gasteiger partial charge in [0.05, 0.1) is 6.20 Å². The van der Waals surface area contributed by atoms with Crippen LogP contribution in [0.2, 0.25) is 0 Å². The van der Waals surface area contributed by atoms with Gasteiger partial charge >= 0.3 is 0 Å². The molecule has 0 saturated carbocycles. The molecule has 2 aromatic rings. The minimum atomic E-state index is 0.491. The highest BCUT2D eigenvalue weighted by Crippen LogP contribution is 2.23. The fraction of sp³-hybridized carbons (Fsp3) is 0.538. The number of hydrogen-bond donors (Lipinski definition) is 1. The summed E-state index contributed by atoms with van der Waals surface area (Å²) in [6.07, 6.45) is 7.91. The Morgan fingerprint density at radius 3 is 2.72 bits per heavy atom. The maximum absolute atomic E-state index is 4.64. The summed E-state index contributed by atoms with van der Waals surface area (Å²) in [6.45, 7) is 4.41. The molecule has 1 N–H and O–H groups in total.